The van der Waals surface area contributed by atoms with Gasteiger partial charge in [-0.15, -0.1) is 0 Å². The van der Waals surface area contributed by atoms with Gasteiger partial charge in [0, 0.05) is 11.6 Å². The normalized spacial score (nSPS) is 10.8. The van der Waals surface area contributed by atoms with Crippen LogP contribution in [0.1, 0.15) is 6.92 Å². The molecule has 0 spiro atoms. The van der Waals surface area contributed by atoms with Gasteiger partial charge in [-0.3, -0.25) is 0 Å². The standard InChI is InChI=1S/C7H6N2/c1-7(6-9)4-2-3-5-8/h2-4H,1H3. The molecule has 0 radical (unpaired) electrons. The first-order chi connectivity index (χ1) is 4.31. The summed E-state index contributed by atoms with van der Waals surface area (Å²) in [6.45, 7) is 1.68. The molecule has 44 valence electrons. The van der Waals surface area contributed by atoms with Crippen LogP contribution in [0.25, 0.3) is 0 Å². The Kier molecular flexibility index (Phi) is 3.83. The predicted molar refractivity (Wildman–Crippen MR) is 34.1 cm³/mol. The highest BCUT2D eigenvalue weighted by Crippen LogP contribution is 1.87. The number of allylic oxidation sites excluding steroid dienone is 4. The SMILES string of the molecule is CC(C#N)=CC=CC#N. The van der Waals surface area contributed by atoms with Crippen LogP contribution >= 0.6 is 0 Å². The van der Waals surface area contributed by atoms with E-state index >= 15 is 0 Å². The molecule has 0 fully saturated rings. The summed E-state index contributed by atoms with van der Waals surface area (Å²) < 4.78 is 0. The molecule has 0 aliphatic rings. The number of hydrogen-bond acceptors (Lipinski definition) is 2. The van der Waals surface area contributed by atoms with E-state index in [0.29, 0.717) is 5.57 Å². The van der Waals surface area contributed by atoms with Gasteiger partial charge in [0.05, 0.1) is 12.1 Å². The highest BCUT2D eigenvalue weighted by Gasteiger charge is 1.75. The van der Waals surface area contributed by atoms with Gasteiger partial charge in [0.15, 0.2) is 0 Å². The second-order valence-electron chi connectivity index (χ2n) is 1.45. The van der Waals surface area contributed by atoms with Gasteiger partial charge in [-0.25, -0.2) is 0 Å². The van der Waals surface area contributed by atoms with E-state index in [9.17, 15) is 0 Å². The van der Waals surface area contributed by atoms with Gasteiger partial charge in [0.2, 0.25) is 0 Å². The van der Waals surface area contributed by atoms with Crippen LogP contribution in [-0.2, 0) is 0 Å². The zero-order valence-electron chi connectivity index (χ0n) is 5.13. The van der Waals surface area contributed by atoms with Crippen LogP contribution in [0.2, 0.25) is 0 Å². The molecule has 0 amide bonds. The van der Waals surface area contributed by atoms with Crippen molar-refractivity contribution in [1.29, 1.82) is 10.5 Å². The maximum Gasteiger partial charge on any atom is 0.0944 e. The Morgan fingerprint density at radius 2 is 2.11 bits per heavy atom. The molecule has 0 rings (SSSR count). The van der Waals surface area contributed by atoms with E-state index < -0.39 is 0 Å². The summed E-state index contributed by atoms with van der Waals surface area (Å²) in [7, 11) is 0. The van der Waals surface area contributed by atoms with Crippen molar-refractivity contribution < 1.29 is 0 Å². The van der Waals surface area contributed by atoms with Crippen LogP contribution in [0.3, 0.4) is 0 Å². The number of nitrogens with zero attached hydrogens (tertiary/aromatic N) is 2. The van der Waals surface area contributed by atoms with Crippen molar-refractivity contribution in [2.24, 2.45) is 0 Å². The molecule has 0 aromatic carbocycles. The smallest absolute Gasteiger partial charge is 0.0944 e. The first-order valence-electron chi connectivity index (χ1n) is 2.44. The van der Waals surface area contributed by atoms with Crippen LogP contribution in [0.15, 0.2) is 23.8 Å². The molecule has 0 atom stereocenters. The molecule has 0 aliphatic carbocycles. The summed E-state index contributed by atoms with van der Waals surface area (Å²) in [6, 6.07) is 3.74. The Labute approximate surface area is 54.3 Å². The summed E-state index contributed by atoms with van der Waals surface area (Å²) in [5.41, 5.74) is 0.599. The fraction of sp³-hybridized carbons (Fsp3) is 0.143. The quantitative estimate of drug-likeness (QED) is 0.387. The molecule has 0 aliphatic heterocycles. The zero-order chi connectivity index (χ0) is 7.11. The van der Waals surface area contributed by atoms with Crippen molar-refractivity contribution in [3.8, 4) is 12.1 Å². The topological polar surface area (TPSA) is 47.6 Å². The van der Waals surface area contributed by atoms with Crippen LogP contribution in [0, 0.1) is 22.7 Å². The first kappa shape index (κ1) is 7.46. The minimum atomic E-state index is 0.599. The van der Waals surface area contributed by atoms with Crippen molar-refractivity contribution >= 4 is 0 Å². The van der Waals surface area contributed by atoms with E-state index in [1.165, 1.54) is 6.08 Å². The van der Waals surface area contributed by atoms with E-state index in [0.717, 1.165) is 0 Å². The number of hydrogen-bond donors (Lipinski definition) is 0. The summed E-state index contributed by atoms with van der Waals surface area (Å²) in [5.74, 6) is 0. The van der Waals surface area contributed by atoms with E-state index in [1.54, 1.807) is 19.1 Å². The lowest BCUT2D eigenvalue weighted by Gasteiger charge is -1.74. The zero-order valence-corrected chi connectivity index (χ0v) is 5.13. The summed E-state index contributed by atoms with van der Waals surface area (Å²) in [5, 5.41) is 16.2. The molecule has 0 N–H and O–H groups in total. The van der Waals surface area contributed by atoms with Crippen LogP contribution < -0.4 is 0 Å². The van der Waals surface area contributed by atoms with Gasteiger partial charge < -0.3 is 0 Å². The van der Waals surface area contributed by atoms with Crippen LogP contribution in [-0.4, -0.2) is 0 Å². The average Bonchev–Trinajstić information content (AvgIpc) is 1.89. The molecule has 0 saturated heterocycles. The molecule has 0 bridgehead atoms. The third kappa shape index (κ3) is 4.31. The molecule has 0 aromatic rings. The van der Waals surface area contributed by atoms with Crippen molar-refractivity contribution in [1.82, 2.24) is 0 Å². The first-order valence-corrected chi connectivity index (χ1v) is 2.44. The summed E-state index contributed by atoms with van der Waals surface area (Å²) in [6.07, 6.45) is 4.45. The Morgan fingerprint density at radius 3 is 2.56 bits per heavy atom. The van der Waals surface area contributed by atoms with Gasteiger partial charge in [0.25, 0.3) is 0 Å². The Morgan fingerprint density at radius 1 is 1.44 bits per heavy atom. The molecule has 9 heavy (non-hydrogen) atoms. The lowest BCUT2D eigenvalue weighted by atomic mass is 10.3. The largest absolute Gasteiger partial charge is 0.193 e. The minimum Gasteiger partial charge on any atom is -0.193 e. The molecule has 2 heteroatoms. The van der Waals surface area contributed by atoms with E-state index in [2.05, 4.69) is 0 Å². The molecule has 0 heterocycles. The Hall–Kier alpha value is -1.54. The monoisotopic (exact) mass is 118 g/mol. The summed E-state index contributed by atoms with van der Waals surface area (Å²) in [4.78, 5) is 0. The maximum atomic E-state index is 8.20. The lowest BCUT2D eigenvalue weighted by molar-refractivity contribution is 1.44. The van der Waals surface area contributed by atoms with Crippen LogP contribution in [0.4, 0.5) is 0 Å². The molecular formula is C7H6N2. The second-order valence-corrected chi connectivity index (χ2v) is 1.45. The minimum absolute atomic E-state index is 0.599. The van der Waals surface area contributed by atoms with Gasteiger partial charge >= 0.3 is 0 Å². The molecule has 0 aromatic heterocycles. The van der Waals surface area contributed by atoms with Crippen LogP contribution in [0.5, 0.6) is 0 Å². The lowest BCUT2D eigenvalue weighted by Crippen LogP contribution is -1.62. The molecular weight excluding hydrogens is 112 g/mol. The number of nitriles is 2. The van der Waals surface area contributed by atoms with E-state index in [4.69, 9.17) is 10.5 Å². The number of rotatable bonds is 1. The van der Waals surface area contributed by atoms with Gasteiger partial charge in [-0.1, -0.05) is 6.08 Å². The predicted octanol–water partition coefficient (Wildman–Crippen LogP) is 1.54. The third-order valence-electron chi connectivity index (χ3n) is 0.693. The van der Waals surface area contributed by atoms with E-state index in [1.807, 2.05) is 12.1 Å². The highest BCUT2D eigenvalue weighted by atomic mass is 14.2. The second kappa shape index (κ2) is 4.61. The molecule has 0 unspecified atom stereocenters. The fourth-order valence-electron chi connectivity index (χ4n) is 0.273. The Bertz CT molecular complexity index is 210. The average molecular weight is 118 g/mol. The molecule has 0 saturated carbocycles. The maximum absolute atomic E-state index is 8.20. The van der Waals surface area contributed by atoms with Gasteiger partial charge in [-0.05, 0) is 13.0 Å². The van der Waals surface area contributed by atoms with Crippen molar-refractivity contribution in [3.63, 3.8) is 0 Å². The third-order valence-corrected chi connectivity index (χ3v) is 0.693. The fourth-order valence-corrected chi connectivity index (χ4v) is 0.273. The highest BCUT2D eigenvalue weighted by molar-refractivity contribution is 5.24. The van der Waals surface area contributed by atoms with Crippen molar-refractivity contribution in [3.05, 3.63) is 23.8 Å². The van der Waals surface area contributed by atoms with Gasteiger partial charge in [0.1, 0.15) is 0 Å². The van der Waals surface area contributed by atoms with E-state index in [-0.39, 0.29) is 0 Å². The summed E-state index contributed by atoms with van der Waals surface area (Å²) >= 11 is 0. The Balaban J connectivity index is 3.91. The van der Waals surface area contributed by atoms with Gasteiger partial charge in [-0.2, -0.15) is 10.5 Å². The molecule has 2 nitrogen and oxygen atoms in total. The van der Waals surface area contributed by atoms with Crippen molar-refractivity contribution in [2.75, 3.05) is 0 Å². The van der Waals surface area contributed by atoms with Crippen molar-refractivity contribution in [2.45, 2.75) is 6.92 Å².